The summed E-state index contributed by atoms with van der Waals surface area (Å²) < 4.78 is 40.6. The van der Waals surface area contributed by atoms with E-state index in [4.69, 9.17) is 0 Å². The Kier molecular flexibility index (Phi) is 5.21. The van der Waals surface area contributed by atoms with Crippen LogP contribution in [0.5, 0.6) is 0 Å². The van der Waals surface area contributed by atoms with Crippen LogP contribution in [-0.4, -0.2) is 49.7 Å². The second-order valence-electron chi connectivity index (χ2n) is 7.34. The van der Waals surface area contributed by atoms with E-state index in [2.05, 4.69) is 0 Å². The van der Waals surface area contributed by atoms with Crippen molar-refractivity contribution in [1.29, 1.82) is 0 Å². The highest BCUT2D eigenvalue weighted by Crippen LogP contribution is 2.26. The van der Waals surface area contributed by atoms with E-state index in [0.717, 1.165) is 31.2 Å². The number of aryl methyl sites for hydroxylation is 2. The third-order valence-electron chi connectivity index (χ3n) is 5.57. The highest BCUT2D eigenvalue weighted by atomic mass is 32.2. The number of halogens is 1. The zero-order valence-corrected chi connectivity index (χ0v) is 16.4. The highest BCUT2D eigenvalue weighted by molar-refractivity contribution is 7.89. The van der Waals surface area contributed by atoms with Gasteiger partial charge in [0.2, 0.25) is 10.0 Å². The molecule has 4 rings (SSSR count). The van der Waals surface area contributed by atoms with Crippen LogP contribution in [0.2, 0.25) is 0 Å². The molecule has 1 amide bonds. The van der Waals surface area contributed by atoms with E-state index in [1.54, 1.807) is 11.0 Å². The number of hydrogen-bond acceptors (Lipinski definition) is 3. The van der Waals surface area contributed by atoms with Crippen LogP contribution in [0.25, 0.3) is 0 Å². The van der Waals surface area contributed by atoms with Crippen molar-refractivity contribution < 1.29 is 17.6 Å². The first kappa shape index (κ1) is 19.1. The van der Waals surface area contributed by atoms with E-state index >= 15 is 0 Å². The lowest BCUT2D eigenvalue weighted by molar-refractivity contribution is 0.0698. The first-order valence-electron chi connectivity index (χ1n) is 9.62. The smallest absolute Gasteiger partial charge is 0.253 e. The molecular formula is C21H23FN2O3S. The Bertz CT molecular complexity index is 981. The van der Waals surface area contributed by atoms with Gasteiger partial charge in [0, 0.05) is 31.7 Å². The average Bonchev–Trinajstić information content (AvgIpc) is 2.73. The summed E-state index contributed by atoms with van der Waals surface area (Å²) in [5.74, 6) is -0.594. The molecule has 1 aliphatic carbocycles. The maximum Gasteiger partial charge on any atom is 0.253 e. The minimum Gasteiger partial charge on any atom is -0.336 e. The summed E-state index contributed by atoms with van der Waals surface area (Å²) in [6.45, 7) is 1.15. The molecule has 0 unspecified atom stereocenters. The van der Waals surface area contributed by atoms with Gasteiger partial charge in [0.25, 0.3) is 5.91 Å². The van der Waals surface area contributed by atoms with Gasteiger partial charge in [-0.2, -0.15) is 4.31 Å². The van der Waals surface area contributed by atoms with Gasteiger partial charge in [-0.25, -0.2) is 12.8 Å². The third-order valence-corrected chi connectivity index (χ3v) is 7.47. The molecule has 1 aliphatic heterocycles. The molecule has 0 atom stereocenters. The fraction of sp³-hybridized carbons (Fsp3) is 0.381. The van der Waals surface area contributed by atoms with Gasteiger partial charge in [0.1, 0.15) is 5.82 Å². The van der Waals surface area contributed by atoms with Crippen molar-refractivity contribution >= 4 is 15.9 Å². The summed E-state index contributed by atoms with van der Waals surface area (Å²) >= 11 is 0. The minimum atomic E-state index is -3.57. The number of rotatable bonds is 3. The maximum absolute atomic E-state index is 13.0. The molecule has 0 bridgehead atoms. The summed E-state index contributed by atoms with van der Waals surface area (Å²) in [5, 5.41) is 0. The van der Waals surface area contributed by atoms with Crippen molar-refractivity contribution in [2.75, 3.05) is 26.2 Å². The predicted molar refractivity (Wildman–Crippen MR) is 104 cm³/mol. The molecule has 7 heteroatoms. The lowest BCUT2D eigenvalue weighted by Crippen LogP contribution is -2.50. The molecule has 148 valence electrons. The van der Waals surface area contributed by atoms with E-state index in [1.807, 2.05) is 12.1 Å². The Labute approximate surface area is 164 Å². The normalized spacial score (nSPS) is 18.0. The SMILES string of the molecule is O=C(c1ccc(F)cc1)N1CCN(S(=O)(=O)c2ccc3c(c2)CCCC3)CC1. The van der Waals surface area contributed by atoms with Gasteiger partial charge in [-0.15, -0.1) is 0 Å². The number of nitrogens with zero attached hydrogens (tertiary/aromatic N) is 2. The third kappa shape index (κ3) is 3.69. The largest absolute Gasteiger partial charge is 0.336 e. The minimum absolute atomic E-state index is 0.203. The molecule has 1 heterocycles. The van der Waals surface area contributed by atoms with Crippen LogP contribution in [0.4, 0.5) is 4.39 Å². The molecule has 28 heavy (non-hydrogen) atoms. The molecule has 1 fully saturated rings. The molecular weight excluding hydrogens is 379 g/mol. The van der Waals surface area contributed by atoms with Crippen LogP contribution >= 0.6 is 0 Å². The molecule has 0 N–H and O–H groups in total. The predicted octanol–water partition coefficient (Wildman–Crippen LogP) is 2.85. The topological polar surface area (TPSA) is 57.7 Å². The molecule has 0 spiro atoms. The van der Waals surface area contributed by atoms with E-state index in [9.17, 15) is 17.6 Å². The van der Waals surface area contributed by atoms with E-state index in [-0.39, 0.29) is 19.0 Å². The number of fused-ring (bicyclic) bond motifs is 1. The van der Waals surface area contributed by atoms with Gasteiger partial charge >= 0.3 is 0 Å². The lowest BCUT2D eigenvalue weighted by Gasteiger charge is -2.34. The van der Waals surface area contributed by atoms with Crippen LogP contribution in [0.1, 0.15) is 34.3 Å². The van der Waals surface area contributed by atoms with Gasteiger partial charge in [0.05, 0.1) is 4.90 Å². The number of carbonyl (C=O) groups excluding carboxylic acids is 1. The summed E-state index contributed by atoms with van der Waals surface area (Å²) in [5.41, 5.74) is 2.80. The van der Waals surface area contributed by atoms with Gasteiger partial charge in [-0.1, -0.05) is 6.07 Å². The van der Waals surface area contributed by atoms with Gasteiger partial charge in [-0.3, -0.25) is 4.79 Å². The monoisotopic (exact) mass is 402 g/mol. The number of sulfonamides is 1. The second-order valence-corrected chi connectivity index (χ2v) is 9.28. The number of carbonyl (C=O) groups is 1. The van der Waals surface area contributed by atoms with Crippen LogP contribution in [0.3, 0.4) is 0 Å². The molecule has 1 saturated heterocycles. The van der Waals surface area contributed by atoms with Crippen molar-refractivity contribution in [2.45, 2.75) is 30.6 Å². The Morgan fingerprint density at radius 2 is 1.50 bits per heavy atom. The van der Waals surface area contributed by atoms with Crippen molar-refractivity contribution in [3.8, 4) is 0 Å². The standard InChI is InChI=1S/C21H23FN2O3S/c22-19-8-5-17(6-9-19)21(25)23-11-13-24(14-12-23)28(26,27)20-10-7-16-3-1-2-4-18(16)15-20/h5-10,15H,1-4,11-14H2. The Hall–Kier alpha value is -2.25. The summed E-state index contributed by atoms with van der Waals surface area (Å²) in [6, 6.07) is 10.9. The molecule has 0 saturated carbocycles. The number of amides is 1. The van der Waals surface area contributed by atoms with Crippen LogP contribution in [0, 0.1) is 5.82 Å². The van der Waals surface area contributed by atoms with Gasteiger partial charge in [0.15, 0.2) is 0 Å². The quantitative estimate of drug-likeness (QED) is 0.793. The van der Waals surface area contributed by atoms with Crippen LogP contribution in [0.15, 0.2) is 47.4 Å². The molecule has 0 radical (unpaired) electrons. The van der Waals surface area contributed by atoms with Gasteiger partial charge in [-0.05, 0) is 73.2 Å². The van der Waals surface area contributed by atoms with Crippen molar-refractivity contribution in [3.63, 3.8) is 0 Å². The van der Waals surface area contributed by atoms with Crippen molar-refractivity contribution in [2.24, 2.45) is 0 Å². The average molecular weight is 402 g/mol. The molecule has 5 nitrogen and oxygen atoms in total. The van der Waals surface area contributed by atoms with Crippen molar-refractivity contribution in [1.82, 2.24) is 9.21 Å². The maximum atomic E-state index is 13.0. The first-order chi connectivity index (χ1) is 13.4. The Balaban J connectivity index is 1.45. The number of benzene rings is 2. The fourth-order valence-corrected chi connectivity index (χ4v) is 5.40. The zero-order chi connectivity index (χ0) is 19.7. The Morgan fingerprint density at radius 1 is 0.857 bits per heavy atom. The molecule has 2 aromatic rings. The molecule has 0 aromatic heterocycles. The zero-order valence-electron chi connectivity index (χ0n) is 15.6. The first-order valence-corrected chi connectivity index (χ1v) is 11.1. The van der Waals surface area contributed by atoms with E-state index in [0.29, 0.717) is 23.5 Å². The summed E-state index contributed by atoms with van der Waals surface area (Å²) in [4.78, 5) is 14.5. The van der Waals surface area contributed by atoms with Crippen molar-refractivity contribution in [3.05, 3.63) is 65.0 Å². The fourth-order valence-electron chi connectivity index (χ4n) is 3.93. The molecule has 2 aromatic carbocycles. The van der Waals surface area contributed by atoms with Gasteiger partial charge < -0.3 is 4.90 Å². The number of hydrogen-bond donors (Lipinski definition) is 0. The second kappa shape index (κ2) is 7.64. The van der Waals surface area contributed by atoms with E-state index in [1.165, 1.54) is 34.1 Å². The molecule has 2 aliphatic rings. The van der Waals surface area contributed by atoms with Crippen LogP contribution in [-0.2, 0) is 22.9 Å². The highest BCUT2D eigenvalue weighted by Gasteiger charge is 2.31. The van der Waals surface area contributed by atoms with E-state index < -0.39 is 15.8 Å². The summed E-state index contributed by atoms with van der Waals surface area (Å²) in [6.07, 6.45) is 4.20. The Morgan fingerprint density at radius 3 is 2.18 bits per heavy atom. The lowest BCUT2D eigenvalue weighted by atomic mass is 9.92. The van der Waals surface area contributed by atoms with Crippen LogP contribution < -0.4 is 0 Å². The number of piperazine rings is 1. The summed E-state index contributed by atoms with van der Waals surface area (Å²) in [7, 11) is -3.57.